The first-order chi connectivity index (χ1) is 19.4. The minimum Gasteiger partial charge on any atom is -0.493 e. The minimum atomic E-state index is -0.535. The van der Waals surface area contributed by atoms with Gasteiger partial charge in [-0.3, -0.25) is 9.59 Å². The standard InChI is InChI=1S/C31H27N3O4S2/c1-19-12-14-24-27(16-19)40-31(33-24)34-30(36)28(20-8-5-4-6-9-20)39-23-11-7-10-22(18-23)32-29(35)21-13-15-25(37-2)26(17-21)38-3/h4-18,28H,1-3H3,(H,32,35)(H,33,34,36). The number of rotatable bonds is 9. The van der Waals surface area contributed by atoms with Crippen molar-refractivity contribution in [3.05, 3.63) is 108 Å². The second-order valence-electron chi connectivity index (χ2n) is 8.94. The van der Waals surface area contributed by atoms with E-state index in [1.165, 1.54) is 30.2 Å². The second-order valence-corrected chi connectivity index (χ2v) is 11.1. The van der Waals surface area contributed by atoms with Crippen LogP contribution in [0.2, 0.25) is 0 Å². The highest BCUT2D eigenvalue weighted by Crippen LogP contribution is 2.38. The quantitative estimate of drug-likeness (QED) is 0.181. The number of thiazole rings is 1. The van der Waals surface area contributed by atoms with Crippen molar-refractivity contribution < 1.29 is 19.1 Å². The predicted molar refractivity (Wildman–Crippen MR) is 162 cm³/mol. The number of ether oxygens (including phenoxy) is 2. The molecule has 9 heteroatoms. The van der Waals surface area contributed by atoms with Gasteiger partial charge in [0.15, 0.2) is 16.6 Å². The zero-order valence-electron chi connectivity index (χ0n) is 22.1. The van der Waals surface area contributed by atoms with Crippen LogP contribution in [0.4, 0.5) is 10.8 Å². The number of anilines is 2. The monoisotopic (exact) mass is 569 g/mol. The first-order valence-electron chi connectivity index (χ1n) is 12.5. The van der Waals surface area contributed by atoms with Gasteiger partial charge in [-0.25, -0.2) is 4.98 Å². The molecule has 0 aliphatic rings. The number of carbonyl (C=O) groups is 2. The lowest BCUT2D eigenvalue weighted by Gasteiger charge is -2.17. The lowest BCUT2D eigenvalue weighted by Crippen LogP contribution is -2.19. The van der Waals surface area contributed by atoms with Crippen LogP contribution in [0, 0.1) is 6.92 Å². The summed E-state index contributed by atoms with van der Waals surface area (Å²) in [6, 6.07) is 28.1. The van der Waals surface area contributed by atoms with E-state index in [9.17, 15) is 9.59 Å². The van der Waals surface area contributed by atoms with Crippen LogP contribution in [0.15, 0.2) is 95.9 Å². The Morgan fingerprint density at radius 1 is 0.850 bits per heavy atom. The number of hydrogen-bond donors (Lipinski definition) is 2. The molecule has 0 saturated heterocycles. The van der Waals surface area contributed by atoms with Gasteiger partial charge in [0, 0.05) is 16.1 Å². The maximum absolute atomic E-state index is 13.6. The van der Waals surface area contributed by atoms with Gasteiger partial charge in [0.05, 0.1) is 24.4 Å². The van der Waals surface area contributed by atoms with E-state index in [4.69, 9.17) is 9.47 Å². The van der Waals surface area contributed by atoms with Crippen molar-refractivity contribution in [1.29, 1.82) is 0 Å². The van der Waals surface area contributed by atoms with E-state index in [0.29, 0.717) is 27.9 Å². The topological polar surface area (TPSA) is 89.5 Å². The van der Waals surface area contributed by atoms with Gasteiger partial charge in [0.25, 0.3) is 5.91 Å². The summed E-state index contributed by atoms with van der Waals surface area (Å²) in [6.45, 7) is 2.03. The summed E-state index contributed by atoms with van der Waals surface area (Å²) in [6.07, 6.45) is 0. The fourth-order valence-corrected chi connectivity index (χ4v) is 6.17. The van der Waals surface area contributed by atoms with Crippen LogP contribution in [-0.4, -0.2) is 31.0 Å². The number of aryl methyl sites for hydroxylation is 1. The largest absolute Gasteiger partial charge is 0.493 e. The average molecular weight is 570 g/mol. The molecule has 2 N–H and O–H groups in total. The molecule has 1 atom stereocenters. The van der Waals surface area contributed by atoms with E-state index in [1.807, 2.05) is 73.7 Å². The van der Waals surface area contributed by atoms with E-state index in [-0.39, 0.29) is 11.8 Å². The first-order valence-corrected chi connectivity index (χ1v) is 14.2. The number of hydrogen-bond acceptors (Lipinski definition) is 7. The molecule has 4 aromatic carbocycles. The van der Waals surface area contributed by atoms with E-state index >= 15 is 0 Å². The Balaban J connectivity index is 1.35. The summed E-state index contributed by atoms with van der Waals surface area (Å²) < 4.78 is 11.6. The molecule has 0 radical (unpaired) electrons. The van der Waals surface area contributed by atoms with Crippen LogP contribution in [-0.2, 0) is 4.79 Å². The van der Waals surface area contributed by atoms with Gasteiger partial charge in [-0.2, -0.15) is 0 Å². The third-order valence-corrected chi connectivity index (χ3v) is 8.29. The number of benzene rings is 4. The Hall–Kier alpha value is -4.34. The number of fused-ring (bicyclic) bond motifs is 1. The number of nitrogens with zero attached hydrogens (tertiary/aromatic N) is 1. The van der Waals surface area contributed by atoms with E-state index in [2.05, 4.69) is 21.7 Å². The van der Waals surface area contributed by atoms with E-state index in [1.54, 1.807) is 25.3 Å². The van der Waals surface area contributed by atoms with Crippen molar-refractivity contribution >= 4 is 55.9 Å². The molecule has 5 rings (SSSR count). The smallest absolute Gasteiger partial charge is 0.255 e. The van der Waals surface area contributed by atoms with Gasteiger partial charge in [-0.15, -0.1) is 11.8 Å². The van der Waals surface area contributed by atoms with Crippen molar-refractivity contribution in [3.63, 3.8) is 0 Å². The van der Waals surface area contributed by atoms with Gasteiger partial charge < -0.3 is 20.1 Å². The molecule has 202 valence electrons. The molecule has 0 bridgehead atoms. The van der Waals surface area contributed by atoms with Gasteiger partial charge in [0.1, 0.15) is 5.25 Å². The Morgan fingerprint density at radius 3 is 2.42 bits per heavy atom. The number of nitrogens with one attached hydrogen (secondary N) is 2. The van der Waals surface area contributed by atoms with Gasteiger partial charge in [0.2, 0.25) is 5.91 Å². The third kappa shape index (κ3) is 6.27. The maximum Gasteiger partial charge on any atom is 0.255 e. The van der Waals surface area contributed by atoms with Crippen LogP contribution in [0.1, 0.15) is 26.7 Å². The average Bonchev–Trinajstić information content (AvgIpc) is 3.37. The predicted octanol–water partition coefficient (Wildman–Crippen LogP) is 7.35. The number of amides is 2. The van der Waals surface area contributed by atoms with Crippen molar-refractivity contribution in [2.75, 3.05) is 24.9 Å². The van der Waals surface area contributed by atoms with Crippen LogP contribution in [0.5, 0.6) is 11.5 Å². The van der Waals surface area contributed by atoms with Crippen molar-refractivity contribution in [1.82, 2.24) is 4.98 Å². The van der Waals surface area contributed by atoms with E-state index in [0.717, 1.165) is 26.2 Å². The molecule has 1 unspecified atom stereocenters. The SMILES string of the molecule is COc1ccc(C(=O)Nc2cccc(SC(C(=O)Nc3nc4ccc(C)cc4s3)c3ccccc3)c2)cc1OC. The highest BCUT2D eigenvalue weighted by molar-refractivity contribution is 8.00. The molecule has 40 heavy (non-hydrogen) atoms. The molecule has 0 aliphatic heterocycles. The summed E-state index contributed by atoms with van der Waals surface area (Å²) in [4.78, 5) is 31.9. The number of methoxy groups -OCH3 is 2. The zero-order valence-corrected chi connectivity index (χ0v) is 23.8. The Morgan fingerprint density at radius 2 is 1.65 bits per heavy atom. The molecule has 7 nitrogen and oxygen atoms in total. The normalized spacial score (nSPS) is 11.6. The molecule has 2 amide bonds. The lowest BCUT2D eigenvalue weighted by molar-refractivity contribution is -0.115. The first kappa shape index (κ1) is 27.2. The molecule has 5 aromatic rings. The summed E-state index contributed by atoms with van der Waals surface area (Å²) in [7, 11) is 3.07. The summed E-state index contributed by atoms with van der Waals surface area (Å²) in [5, 5.41) is 5.97. The molecule has 1 aromatic heterocycles. The van der Waals surface area contributed by atoms with Crippen molar-refractivity contribution in [3.8, 4) is 11.5 Å². The fourth-order valence-electron chi connectivity index (χ4n) is 4.12. The lowest BCUT2D eigenvalue weighted by atomic mass is 10.1. The minimum absolute atomic E-state index is 0.174. The number of carbonyl (C=O) groups excluding carboxylic acids is 2. The molecular weight excluding hydrogens is 542 g/mol. The number of thioether (sulfide) groups is 1. The second kappa shape index (κ2) is 12.2. The molecule has 0 spiro atoms. The Labute approximate surface area is 240 Å². The van der Waals surface area contributed by atoms with Gasteiger partial charge in [-0.1, -0.05) is 53.8 Å². The Kier molecular flexibility index (Phi) is 8.33. The number of aromatic nitrogens is 1. The summed E-state index contributed by atoms with van der Waals surface area (Å²) >= 11 is 2.86. The van der Waals surface area contributed by atoms with Crippen molar-refractivity contribution in [2.24, 2.45) is 0 Å². The Bertz CT molecular complexity index is 1670. The van der Waals surface area contributed by atoms with E-state index < -0.39 is 5.25 Å². The fraction of sp³-hybridized carbons (Fsp3) is 0.129. The molecule has 0 aliphatic carbocycles. The van der Waals surface area contributed by atoms with Crippen LogP contribution < -0.4 is 20.1 Å². The highest BCUT2D eigenvalue weighted by Gasteiger charge is 2.23. The van der Waals surface area contributed by atoms with Crippen LogP contribution in [0.3, 0.4) is 0 Å². The maximum atomic E-state index is 13.6. The molecule has 0 fully saturated rings. The molecular formula is C31H27N3O4S2. The molecule has 1 heterocycles. The summed E-state index contributed by atoms with van der Waals surface area (Å²) in [5.74, 6) is 0.557. The van der Waals surface area contributed by atoms with Crippen LogP contribution in [0.25, 0.3) is 10.2 Å². The van der Waals surface area contributed by atoms with Crippen molar-refractivity contribution in [2.45, 2.75) is 17.1 Å². The third-order valence-electron chi connectivity index (χ3n) is 6.11. The zero-order chi connectivity index (χ0) is 28.1. The van der Waals surface area contributed by atoms with Crippen LogP contribution >= 0.6 is 23.1 Å². The van der Waals surface area contributed by atoms with Gasteiger partial charge in [-0.05, 0) is 66.6 Å². The molecule has 0 saturated carbocycles. The summed E-state index contributed by atoms with van der Waals surface area (Å²) in [5.41, 5.74) is 3.90. The highest BCUT2D eigenvalue weighted by atomic mass is 32.2. The van der Waals surface area contributed by atoms with Gasteiger partial charge >= 0.3 is 0 Å².